The number of nitrogens with one attached hydrogen (secondary N) is 1. The molecule has 0 aliphatic carbocycles. The Bertz CT molecular complexity index is 347. The maximum atomic E-state index is 4.36. The van der Waals surface area contributed by atoms with Crippen molar-refractivity contribution < 1.29 is 0 Å². The normalized spacial score (nSPS) is 17.5. The zero-order valence-electron chi connectivity index (χ0n) is 11.4. The molecule has 1 aromatic heterocycles. The van der Waals surface area contributed by atoms with Crippen molar-refractivity contribution in [2.45, 2.75) is 24.6 Å². The third-order valence-electron chi connectivity index (χ3n) is 3.45. The molecule has 1 aliphatic rings. The van der Waals surface area contributed by atoms with Gasteiger partial charge in [0.2, 0.25) is 0 Å². The highest BCUT2D eigenvalue weighted by Crippen LogP contribution is 2.19. The average Bonchev–Trinajstić information content (AvgIpc) is 2.76. The van der Waals surface area contributed by atoms with Gasteiger partial charge in [0, 0.05) is 37.0 Å². The summed E-state index contributed by atoms with van der Waals surface area (Å²) in [6.45, 7) is 4.47. The number of rotatable bonds is 6. The van der Waals surface area contributed by atoms with Crippen LogP contribution in [0.1, 0.15) is 18.7 Å². The van der Waals surface area contributed by atoms with Gasteiger partial charge in [-0.3, -0.25) is 4.90 Å². The summed E-state index contributed by atoms with van der Waals surface area (Å²) >= 11 is 2.13. The minimum Gasteiger partial charge on any atom is -0.337 e. The van der Waals surface area contributed by atoms with Crippen LogP contribution >= 0.6 is 11.8 Å². The van der Waals surface area contributed by atoms with Gasteiger partial charge in [-0.15, -0.1) is 0 Å². The van der Waals surface area contributed by atoms with Crippen LogP contribution in [0.25, 0.3) is 0 Å². The third kappa shape index (κ3) is 4.30. The molecule has 1 fully saturated rings. The second-order valence-corrected chi connectivity index (χ2v) is 6.42. The highest BCUT2D eigenvalue weighted by atomic mass is 32.2. The molecule has 18 heavy (non-hydrogen) atoms. The zero-order chi connectivity index (χ0) is 12.8. The van der Waals surface area contributed by atoms with Crippen LogP contribution in [0.4, 0.5) is 0 Å². The van der Waals surface area contributed by atoms with Crippen molar-refractivity contribution in [2.24, 2.45) is 7.05 Å². The first-order valence-electron chi connectivity index (χ1n) is 6.73. The molecule has 0 amide bonds. The van der Waals surface area contributed by atoms with Crippen molar-refractivity contribution in [2.75, 3.05) is 32.4 Å². The Morgan fingerprint density at radius 3 is 2.94 bits per heavy atom. The molecule has 5 heteroatoms. The molecule has 0 saturated carbocycles. The van der Waals surface area contributed by atoms with Crippen LogP contribution in [0.2, 0.25) is 0 Å². The van der Waals surface area contributed by atoms with E-state index in [0.717, 1.165) is 24.2 Å². The fourth-order valence-electron chi connectivity index (χ4n) is 2.21. The largest absolute Gasteiger partial charge is 0.337 e. The molecule has 1 aromatic rings. The van der Waals surface area contributed by atoms with Crippen LogP contribution in [-0.4, -0.2) is 52.1 Å². The summed E-state index contributed by atoms with van der Waals surface area (Å²) in [5.41, 5.74) is 0. The van der Waals surface area contributed by atoms with Crippen molar-refractivity contribution >= 4 is 11.8 Å². The maximum Gasteiger partial charge on any atom is 0.122 e. The number of hydrogen-bond acceptors (Lipinski definition) is 4. The lowest BCUT2D eigenvalue weighted by Crippen LogP contribution is -2.30. The molecule has 0 spiro atoms. The Morgan fingerprint density at radius 1 is 1.50 bits per heavy atom. The van der Waals surface area contributed by atoms with Crippen molar-refractivity contribution in [1.29, 1.82) is 0 Å². The third-order valence-corrected chi connectivity index (χ3v) is 4.81. The van der Waals surface area contributed by atoms with E-state index in [1.807, 2.05) is 12.4 Å². The quantitative estimate of drug-likeness (QED) is 0.844. The molecule has 1 N–H and O–H groups in total. The summed E-state index contributed by atoms with van der Waals surface area (Å²) in [6.07, 6.45) is 6.53. The van der Waals surface area contributed by atoms with E-state index in [1.54, 1.807) is 0 Å². The predicted octanol–water partition coefficient (Wildman–Crippen LogP) is 1.34. The first-order chi connectivity index (χ1) is 8.75. The van der Waals surface area contributed by atoms with Crippen LogP contribution < -0.4 is 5.32 Å². The maximum absolute atomic E-state index is 4.36. The number of imidazole rings is 1. The van der Waals surface area contributed by atoms with Gasteiger partial charge in [0.05, 0.1) is 6.54 Å². The van der Waals surface area contributed by atoms with Crippen molar-refractivity contribution in [3.8, 4) is 0 Å². The van der Waals surface area contributed by atoms with E-state index >= 15 is 0 Å². The van der Waals surface area contributed by atoms with Gasteiger partial charge in [0.25, 0.3) is 0 Å². The van der Waals surface area contributed by atoms with Gasteiger partial charge in [0.1, 0.15) is 5.82 Å². The molecular formula is C13H24N4S. The van der Waals surface area contributed by atoms with E-state index in [9.17, 15) is 0 Å². The SMILES string of the molecule is CN(CCSC1CCNCC1)Cc1nccn1C. The van der Waals surface area contributed by atoms with Crippen molar-refractivity contribution in [3.63, 3.8) is 0 Å². The second kappa shape index (κ2) is 7.16. The smallest absolute Gasteiger partial charge is 0.122 e. The Labute approximate surface area is 114 Å². The number of aromatic nitrogens is 2. The Balaban J connectivity index is 1.62. The number of piperidine rings is 1. The van der Waals surface area contributed by atoms with Crippen LogP contribution in [0.3, 0.4) is 0 Å². The van der Waals surface area contributed by atoms with E-state index in [4.69, 9.17) is 0 Å². The molecule has 0 aromatic carbocycles. The standard InChI is InChI=1S/C13H24N4S/c1-16(11-13-15-7-8-17(13)2)9-10-18-12-3-5-14-6-4-12/h7-8,12,14H,3-6,9-11H2,1-2H3. The molecule has 102 valence electrons. The fraction of sp³-hybridized carbons (Fsp3) is 0.769. The molecule has 2 heterocycles. The predicted molar refractivity (Wildman–Crippen MR) is 77.9 cm³/mol. The molecule has 0 atom stereocenters. The van der Waals surface area contributed by atoms with Gasteiger partial charge in [-0.1, -0.05) is 0 Å². The van der Waals surface area contributed by atoms with Gasteiger partial charge >= 0.3 is 0 Å². The topological polar surface area (TPSA) is 33.1 Å². The summed E-state index contributed by atoms with van der Waals surface area (Å²) in [5, 5.41) is 4.28. The van der Waals surface area contributed by atoms with E-state index in [1.165, 1.54) is 31.7 Å². The molecule has 1 aliphatic heterocycles. The number of nitrogens with zero attached hydrogens (tertiary/aromatic N) is 3. The lowest BCUT2D eigenvalue weighted by atomic mass is 10.2. The van der Waals surface area contributed by atoms with Gasteiger partial charge in [0.15, 0.2) is 0 Å². The van der Waals surface area contributed by atoms with E-state index in [2.05, 4.69) is 45.6 Å². The molecular weight excluding hydrogens is 244 g/mol. The fourth-order valence-corrected chi connectivity index (χ4v) is 3.53. The molecule has 0 unspecified atom stereocenters. The van der Waals surface area contributed by atoms with Crippen molar-refractivity contribution in [3.05, 3.63) is 18.2 Å². The van der Waals surface area contributed by atoms with Crippen molar-refractivity contribution in [1.82, 2.24) is 19.8 Å². The minimum absolute atomic E-state index is 0.868. The zero-order valence-corrected chi connectivity index (χ0v) is 12.2. The summed E-state index contributed by atoms with van der Waals surface area (Å²) in [5.74, 6) is 2.37. The first kappa shape index (κ1) is 13.9. The Morgan fingerprint density at radius 2 is 2.28 bits per heavy atom. The van der Waals surface area contributed by atoms with Gasteiger partial charge in [-0.25, -0.2) is 4.98 Å². The Hall–Kier alpha value is -0.520. The first-order valence-corrected chi connectivity index (χ1v) is 7.77. The van der Waals surface area contributed by atoms with Gasteiger partial charge in [-0.2, -0.15) is 11.8 Å². The van der Waals surface area contributed by atoms with E-state index in [0.29, 0.717) is 0 Å². The molecule has 4 nitrogen and oxygen atoms in total. The lowest BCUT2D eigenvalue weighted by molar-refractivity contribution is 0.335. The number of hydrogen-bond donors (Lipinski definition) is 1. The summed E-state index contributed by atoms with van der Waals surface area (Å²) in [6, 6.07) is 0. The Kier molecular flexibility index (Phi) is 5.53. The number of aryl methyl sites for hydroxylation is 1. The summed E-state index contributed by atoms with van der Waals surface area (Å²) < 4.78 is 2.09. The summed E-state index contributed by atoms with van der Waals surface area (Å²) in [4.78, 5) is 6.72. The minimum atomic E-state index is 0.868. The highest BCUT2D eigenvalue weighted by molar-refractivity contribution is 7.99. The monoisotopic (exact) mass is 268 g/mol. The van der Waals surface area contributed by atoms with Gasteiger partial charge in [-0.05, 0) is 33.0 Å². The van der Waals surface area contributed by atoms with Crippen LogP contribution in [-0.2, 0) is 13.6 Å². The van der Waals surface area contributed by atoms with Crippen LogP contribution in [0.15, 0.2) is 12.4 Å². The molecule has 2 rings (SSSR count). The highest BCUT2D eigenvalue weighted by Gasteiger charge is 2.13. The molecule has 1 saturated heterocycles. The number of thioether (sulfide) groups is 1. The summed E-state index contributed by atoms with van der Waals surface area (Å²) in [7, 11) is 4.23. The molecule has 0 radical (unpaired) electrons. The second-order valence-electron chi connectivity index (χ2n) is 5.01. The average molecular weight is 268 g/mol. The van der Waals surface area contributed by atoms with E-state index < -0.39 is 0 Å². The lowest BCUT2D eigenvalue weighted by Gasteiger charge is -2.23. The van der Waals surface area contributed by atoms with Crippen LogP contribution in [0, 0.1) is 0 Å². The van der Waals surface area contributed by atoms with Crippen LogP contribution in [0.5, 0.6) is 0 Å². The molecule has 0 bridgehead atoms. The van der Waals surface area contributed by atoms with E-state index in [-0.39, 0.29) is 0 Å². The van der Waals surface area contributed by atoms with Gasteiger partial charge < -0.3 is 9.88 Å².